The molecule has 0 aliphatic carbocycles. The average Bonchev–Trinajstić information content (AvgIpc) is 2.71. The molecular formula is C17H29NO2. The van der Waals surface area contributed by atoms with Crippen LogP contribution >= 0.6 is 0 Å². The zero-order valence-electron chi connectivity index (χ0n) is 13.1. The molecule has 0 saturated carbocycles. The van der Waals surface area contributed by atoms with E-state index in [-0.39, 0.29) is 11.8 Å². The number of carbonyl (C=O) groups is 2. The summed E-state index contributed by atoms with van der Waals surface area (Å²) in [6.07, 6.45) is 14.0. The average molecular weight is 279 g/mol. The summed E-state index contributed by atoms with van der Waals surface area (Å²) in [5.41, 5.74) is 0. The van der Waals surface area contributed by atoms with Gasteiger partial charge in [0.05, 0.1) is 0 Å². The number of carbonyl (C=O) groups excluding carboxylic acids is 2. The van der Waals surface area contributed by atoms with E-state index in [1.165, 1.54) is 62.0 Å². The number of hydrogen-bond donors (Lipinski definition) is 0. The lowest BCUT2D eigenvalue weighted by Crippen LogP contribution is -2.30. The van der Waals surface area contributed by atoms with Crippen LogP contribution in [-0.2, 0) is 9.59 Å². The number of amides is 2. The van der Waals surface area contributed by atoms with Crippen LogP contribution in [0.2, 0.25) is 0 Å². The smallest absolute Gasteiger partial charge is 0.253 e. The van der Waals surface area contributed by atoms with Crippen molar-refractivity contribution in [1.82, 2.24) is 4.90 Å². The lowest BCUT2D eigenvalue weighted by atomic mass is 10.0. The van der Waals surface area contributed by atoms with Crippen LogP contribution in [0.5, 0.6) is 0 Å². The second-order valence-corrected chi connectivity index (χ2v) is 6.17. The highest BCUT2D eigenvalue weighted by Gasteiger charge is 2.21. The molecule has 114 valence electrons. The van der Waals surface area contributed by atoms with Gasteiger partial charge in [-0.15, -0.1) is 0 Å². The minimum absolute atomic E-state index is 0.153. The van der Waals surface area contributed by atoms with Crippen LogP contribution in [0.3, 0.4) is 0 Å². The van der Waals surface area contributed by atoms with E-state index in [0.717, 1.165) is 18.8 Å². The predicted molar refractivity (Wildman–Crippen MR) is 82.3 cm³/mol. The molecule has 0 aromatic heterocycles. The quantitative estimate of drug-likeness (QED) is 0.422. The molecule has 3 heteroatoms. The Balaban J connectivity index is 1.86. The first kappa shape index (κ1) is 16.9. The summed E-state index contributed by atoms with van der Waals surface area (Å²) in [4.78, 5) is 24.0. The summed E-state index contributed by atoms with van der Waals surface area (Å²) in [5.74, 6) is 0.529. The van der Waals surface area contributed by atoms with E-state index < -0.39 is 0 Å². The predicted octanol–water partition coefficient (Wildman–Crippen LogP) is 4.08. The van der Waals surface area contributed by atoms with Gasteiger partial charge in [0.2, 0.25) is 0 Å². The molecular weight excluding hydrogens is 250 g/mol. The van der Waals surface area contributed by atoms with Crippen LogP contribution in [0.25, 0.3) is 0 Å². The lowest BCUT2D eigenvalue weighted by molar-refractivity contribution is -0.136. The minimum Gasteiger partial charge on any atom is -0.275 e. The first-order valence-electron chi connectivity index (χ1n) is 8.15. The van der Waals surface area contributed by atoms with Crippen molar-refractivity contribution in [1.29, 1.82) is 0 Å². The molecule has 1 aliphatic heterocycles. The van der Waals surface area contributed by atoms with Gasteiger partial charge in [-0.25, -0.2) is 0 Å². The Kier molecular flexibility index (Phi) is 8.24. The summed E-state index contributed by atoms with van der Waals surface area (Å²) >= 11 is 0. The van der Waals surface area contributed by atoms with E-state index in [4.69, 9.17) is 0 Å². The molecule has 0 saturated heterocycles. The number of rotatable bonds is 11. The molecule has 0 N–H and O–H groups in total. The van der Waals surface area contributed by atoms with Crippen molar-refractivity contribution in [3.8, 4) is 0 Å². The Morgan fingerprint density at radius 2 is 1.25 bits per heavy atom. The summed E-state index contributed by atoms with van der Waals surface area (Å²) in [5, 5.41) is 0. The Morgan fingerprint density at radius 3 is 1.75 bits per heavy atom. The van der Waals surface area contributed by atoms with Gasteiger partial charge in [0.1, 0.15) is 0 Å². The van der Waals surface area contributed by atoms with E-state index in [1.807, 2.05) is 0 Å². The molecule has 0 aromatic rings. The van der Waals surface area contributed by atoms with E-state index in [1.54, 1.807) is 0 Å². The summed E-state index contributed by atoms with van der Waals surface area (Å²) in [6, 6.07) is 0. The van der Waals surface area contributed by atoms with Gasteiger partial charge < -0.3 is 0 Å². The van der Waals surface area contributed by atoms with Gasteiger partial charge in [-0.1, -0.05) is 65.2 Å². The van der Waals surface area contributed by atoms with Crippen LogP contribution in [0.1, 0.15) is 71.6 Å². The number of unbranched alkanes of at least 4 members (excludes halogenated alkanes) is 7. The van der Waals surface area contributed by atoms with E-state index in [0.29, 0.717) is 6.54 Å². The van der Waals surface area contributed by atoms with Gasteiger partial charge in [0, 0.05) is 18.7 Å². The first-order valence-corrected chi connectivity index (χ1v) is 8.15. The number of imide groups is 1. The molecule has 0 atom stereocenters. The maximum Gasteiger partial charge on any atom is 0.253 e. The Bertz CT molecular complexity index is 316. The maximum atomic E-state index is 11.3. The second-order valence-electron chi connectivity index (χ2n) is 6.17. The fraction of sp³-hybridized carbons (Fsp3) is 0.765. The molecule has 2 amide bonds. The van der Waals surface area contributed by atoms with Gasteiger partial charge in [0.25, 0.3) is 11.8 Å². The van der Waals surface area contributed by atoms with Crippen LogP contribution in [0.15, 0.2) is 12.2 Å². The van der Waals surface area contributed by atoms with Crippen molar-refractivity contribution in [3.05, 3.63) is 12.2 Å². The van der Waals surface area contributed by atoms with Crippen LogP contribution in [0.4, 0.5) is 0 Å². The van der Waals surface area contributed by atoms with E-state index >= 15 is 0 Å². The molecule has 0 bridgehead atoms. The van der Waals surface area contributed by atoms with Crippen LogP contribution < -0.4 is 0 Å². The van der Waals surface area contributed by atoms with Gasteiger partial charge in [-0.2, -0.15) is 0 Å². The fourth-order valence-electron chi connectivity index (χ4n) is 2.53. The molecule has 0 spiro atoms. The van der Waals surface area contributed by atoms with Crippen molar-refractivity contribution in [2.75, 3.05) is 6.54 Å². The summed E-state index contributed by atoms with van der Waals surface area (Å²) in [6.45, 7) is 5.15. The van der Waals surface area contributed by atoms with Crippen molar-refractivity contribution < 1.29 is 9.59 Å². The lowest BCUT2D eigenvalue weighted by Gasteiger charge is -2.13. The maximum absolute atomic E-state index is 11.3. The molecule has 0 unspecified atom stereocenters. The minimum atomic E-state index is -0.153. The highest BCUT2D eigenvalue weighted by atomic mass is 16.2. The Labute approximate surface area is 123 Å². The molecule has 1 rings (SSSR count). The Hall–Kier alpha value is -1.12. The first-order chi connectivity index (χ1) is 9.61. The van der Waals surface area contributed by atoms with Gasteiger partial charge in [-0.3, -0.25) is 14.5 Å². The third-order valence-corrected chi connectivity index (χ3v) is 3.81. The van der Waals surface area contributed by atoms with Crippen molar-refractivity contribution >= 4 is 11.8 Å². The zero-order chi connectivity index (χ0) is 14.8. The van der Waals surface area contributed by atoms with Crippen molar-refractivity contribution in [2.45, 2.75) is 71.6 Å². The Morgan fingerprint density at radius 1 is 0.800 bits per heavy atom. The van der Waals surface area contributed by atoms with Crippen molar-refractivity contribution in [2.24, 2.45) is 5.92 Å². The van der Waals surface area contributed by atoms with E-state index in [9.17, 15) is 9.59 Å². The topological polar surface area (TPSA) is 37.4 Å². The fourth-order valence-corrected chi connectivity index (χ4v) is 2.53. The zero-order valence-corrected chi connectivity index (χ0v) is 13.1. The normalized spacial score (nSPS) is 14.8. The van der Waals surface area contributed by atoms with E-state index in [2.05, 4.69) is 13.8 Å². The van der Waals surface area contributed by atoms with Crippen molar-refractivity contribution in [3.63, 3.8) is 0 Å². The molecule has 0 fully saturated rings. The largest absolute Gasteiger partial charge is 0.275 e. The molecule has 20 heavy (non-hydrogen) atoms. The second kappa shape index (κ2) is 9.73. The molecule has 0 radical (unpaired) electrons. The SMILES string of the molecule is CC(C)CCCCCCCCCCN1C(=O)C=CC1=O. The highest BCUT2D eigenvalue weighted by molar-refractivity contribution is 6.12. The highest BCUT2D eigenvalue weighted by Crippen LogP contribution is 2.13. The number of hydrogen-bond acceptors (Lipinski definition) is 2. The summed E-state index contributed by atoms with van der Waals surface area (Å²) < 4.78 is 0. The number of nitrogens with zero attached hydrogens (tertiary/aromatic N) is 1. The monoisotopic (exact) mass is 279 g/mol. The van der Waals surface area contributed by atoms with Gasteiger partial charge in [0.15, 0.2) is 0 Å². The molecule has 1 aliphatic rings. The van der Waals surface area contributed by atoms with Gasteiger partial charge >= 0.3 is 0 Å². The summed E-state index contributed by atoms with van der Waals surface area (Å²) in [7, 11) is 0. The molecule has 0 aromatic carbocycles. The van der Waals surface area contributed by atoms with Crippen LogP contribution in [0, 0.1) is 5.92 Å². The third kappa shape index (κ3) is 6.88. The van der Waals surface area contributed by atoms with Crippen LogP contribution in [-0.4, -0.2) is 23.3 Å². The third-order valence-electron chi connectivity index (χ3n) is 3.81. The molecule has 1 heterocycles. The molecule has 3 nitrogen and oxygen atoms in total. The standard InChI is InChI=1S/C17H29NO2/c1-15(2)11-9-7-5-3-4-6-8-10-14-18-16(19)12-13-17(18)20/h12-13,15H,3-11,14H2,1-2H3. The van der Waals surface area contributed by atoms with Gasteiger partial charge in [-0.05, 0) is 12.3 Å².